The third-order valence-corrected chi connectivity index (χ3v) is 11.1. The molecule has 0 aliphatic carbocycles. The van der Waals surface area contributed by atoms with Gasteiger partial charge in [0, 0.05) is 20.1 Å². The standard InChI is InChI=1S/C20H36P2.CO.Ir/c1-15(2)21(16(3)4)13-19-10-9-11-20(12-19)14-22(17(5)6)18(7)8;1-2;/h9-12,15-18H,13-14H2,1-8H3;;. The van der Waals surface area contributed by atoms with Gasteiger partial charge < -0.3 is 0 Å². The molecule has 0 aliphatic heterocycles. The molecule has 0 aliphatic rings. The first kappa shape index (κ1) is 27.7. The Morgan fingerprint density at radius 1 is 0.720 bits per heavy atom. The Bertz CT molecular complexity index is 431. The van der Waals surface area contributed by atoms with Crippen LogP contribution < -0.4 is 0 Å². The molecule has 1 radical (unpaired) electrons. The number of hydrogen-bond donors (Lipinski definition) is 0. The van der Waals surface area contributed by atoms with Gasteiger partial charge in [-0.05, 0) is 46.1 Å². The Kier molecular flexibility index (Phi) is 16.1. The third-order valence-electron chi connectivity index (χ3n) is 4.37. The van der Waals surface area contributed by atoms with Crippen LogP contribution in [0.25, 0.3) is 0 Å². The van der Waals surface area contributed by atoms with Gasteiger partial charge in [0.15, 0.2) is 0 Å². The maximum absolute atomic E-state index is 7.50. The van der Waals surface area contributed by atoms with E-state index in [1.165, 1.54) is 12.3 Å². The molecule has 0 spiro atoms. The maximum atomic E-state index is 7.50. The predicted molar refractivity (Wildman–Crippen MR) is 112 cm³/mol. The van der Waals surface area contributed by atoms with Gasteiger partial charge in [-0.3, -0.25) is 0 Å². The molecule has 0 saturated carbocycles. The molecule has 0 atom stereocenters. The Hall–Kier alpha value is 0.469. The molecule has 0 aromatic heterocycles. The van der Waals surface area contributed by atoms with E-state index in [1.54, 1.807) is 11.1 Å². The van der Waals surface area contributed by atoms with Crippen molar-refractivity contribution in [1.82, 2.24) is 0 Å². The van der Waals surface area contributed by atoms with E-state index in [4.69, 9.17) is 4.65 Å². The number of rotatable bonds is 8. The van der Waals surface area contributed by atoms with Gasteiger partial charge in [0.1, 0.15) is 0 Å². The number of benzene rings is 1. The van der Waals surface area contributed by atoms with Gasteiger partial charge in [-0.25, -0.2) is 0 Å². The van der Waals surface area contributed by atoms with Gasteiger partial charge in [0.25, 0.3) is 0 Å². The van der Waals surface area contributed by atoms with Crippen LogP contribution in [0.5, 0.6) is 0 Å². The van der Waals surface area contributed by atoms with Crippen LogP contribution in [0.15, 0.2) is 24.3 Å². The second kappa shape index (κ2) is 14.5. The molecule has 1 nitrogen and oxygen atoms in total. The monoisotopic (exact) mass is 559 g/mol. The second-order valence-electron chi connectivity index (χ2n) is 7.54. The van der Waals surface area contributed by atoms with Gasteiger partial charge >= 0.3 is 11.3 Å². The largest absolute Gasteiger partial charge is 0 e. The minimum absolute atomic E-state index is 0. The SMILES string of the molecule is CC(C)P(Cc1cccc(CP(C(C)C)C(C)C)c1)C(C)C.[C-]#[O+].[Ir]. The van der Waals surface area contributed by atoms with Crippen LogP contribution in [0, 0.1) is 6.65 Å². The summed E-state index contributed by atoms with van der Waals surface area (Å²) in [4.78, 5) is 0. The Morgan fingerprint density at radius 2 is 1.00 bits per heavy atom. The van der Waals surface area contributed by atoms with E-state index in [0.717, 1.165) is 22.6 Å². The van der Waals surface area contributed by atoms with E-state index in [1.807, 2.05) is 0 Å². The summed E-state index contributed by atoms with van der Waals surface area (Å²) in [6.07, 6.45) is 2.58. The summed E-state index contributed by atoms with van der Waals surface area (Å²) in [5.74, 6) is 0. The van der Waals surface area contributed by atoms with Gasteiger partial charge in [0.05, 0.1) is 0 Å². The van der Waals surface area contributed by atoms with Gasteiger partial charge in [-0.1, -0.05) is 95.5 Å². The molecule has 0 fully saturated rings. The van der Waals surface area contributed by atoms with Crippen molar-refractivity contribution in [3.05, 3.63) is 42.0 Å². The third kappa shape index (κ3) is 10.4. The summed E-state index contributed by atoms with van der Waals surface area (Å²) < 4.78 is 7.50. The fourth-order valence-electron chi connectivity index (χ4n) is 3.17. The van der Waals surface area contributed by atoms with Crippen molar-refractivity contribution in [2.45, 2.75) is 90.3 Å². The van der Waals surface area contributed by atoms with Crippen molar-refractivity contribution in [3.63, 3.8) is 0 Å². The summed E-state index contributed by atoms with van der Waals surface area (Å²) in [6.45, 7) is 23.7. The average molecular weight is 559 g/mol. The molecule has 145 valence electrons. The normalized spacial score (nSPS) is 11.2. The zero-order valence-electron chi connectivity index (χ0n) is 17.2. The van der Waals surface area contributed by atoms with Gasteiger partial charge in [-0.2, -0.15) is 0 Å². The summed E-state index contributed by atoms with van der Waals surface area (Å²) in [7, 11) is 0.185. The van der Waals surface area contributed by atoms with Crippen molar-refractivity contribution in [2.24, 2.45) is 0 Å². The van der Waals surface area contributed by atoms with Crippen molar-refractivity contribution in [3.8, 4) is 0 Å². The summed E-state index contributed by atoms with van der Waals surface area (Å²) in [5.41, 5.74) is 6.41. The fraction of sp³-hybridized carbons (Fsp3) is 0.667. The van der Waals surface area contributed by atoms with E-state index in [-0.39, 0.29) is 35.9 Å². The molecule has 25 heavy (non-hydrogen) atoms. The van der Waals surface area contributed by atoms with E-state index in [9.17, 15) is 0 Å². The first-order valence-electron chi connectivity index (χ1n) is 9.02. The zero-order valence-corrected chi connectivity index (χ0v) is 21.4. The molecule has 0 unspecified atom stereocenters. The van der Waals surface area contributed by atoms with Crippen LogP contribution in [-0.2, 0) is 37.1 Å². The summed E-state index contributed by atoms with van der Waals surface area (Å²) in [5, 5.41) is 0. The molecule has 4 heteroatoms. The predicted octanol–water partition coefficient (Wildman–Crippen LogP) is 7.24. The summed E-state index contributed by atoms with van der Waals surface area (Å²) >= 11 is 0. The first-order chi connectivity index (χ1) is 11.2. The number of hydrogen-bond acceptors (Lipinski definition) is 0. The van der Waals surface area contributed by atoms with E-state index < -0.39 is 0 Å². The second-order valence-corrected chi connectivity index (χ2v) is 14.4. The van der Waals surface area contributed by atoms with Crippen molar-refractivity contribution >= 4 is 15.8 Å². The minimum Gasteiger partial charge on any atom is 0 e. The molecular formula is C21H36IrOP2. The molecule has 1 rings (SSSR count). The van der Waals surface area contributed by atoms with Crippen LogP contribution in [0.4, 0.5) is 0 Å². The molecule has 1 aromatic carbocycles. The first-order valence-corrected chi connectivity index (χ1v) is 12.3. The van der Waals surface area contributed by atoms with E-state index in [0.29, 0.717) is 0 Å². The zero-order chi connectivity index (χ0) is 18.9. The van der Waals surface area contributed by atoms with Crippen LogP contribution in [0.3, 0.4) is 0 Å². The maximum Gasteiger partial charge on any atom is 0 e. The van der Waals surface area contributed by atoms with Gasteiger partial charge in [-0.15, -0.1) is 0 Å². The Morgan fingerprint density at radius 3 is 1.24 bits per heavy atom. The van der Waals surface area contributed by atoms with Crippen molar-refractivity contribution < 1.29 is 24.8 Å². The van der Waals surface area contributed by atoms with Crippen LogP contribution in [0.1, 0.15) is 66.5 Å². The molecule has 1 aromatic rings. The molecule has 0 bridgehead atoms. The quantitative estimate of drug-likeness (QED) is 0.182. The molecule has 0 amide bonds. The van der Waals surface area contributed by atoms with Crippen molar-refractivity contribution in [2.75, 3.05) is 0 Å². The Labute approximate surface area is 172 Å². The molecular weight excluding hydrogens is 522 g/mol. The fourth-order valence-corrected chi connectivity index (χ4v) is 8.25. The van der Waals surface area contributed by atoms with Crippen LogP contribution in [-0.4, -0.2) is 22.6 Å². The summed E-state index contributed by atoms with van der Waals surface area (Å²) in [6, 6.07) is 9.47. The van der Waals surface area contributed by atoms with Crippen LogP contribution in [0.2, 0.25) is 0 Å². The van der Waals surface area contributed by atoms with Crippen molar-refractivity contribution in [1.29, 1.82) is 0 Å². The van der Waals surface area contributed by atoms with E-state index in [2.05, 4.69) is 86.3 Å². The smallest absolute Gasteiger partial charge is 0 e. The molecule has 0 heterocycles. The van der Waals surface area contributed by atoms with E-state index >= 15 is 0 Å². The molecule has 0 N–H and O–H groups in total. The molecule has 0 saturated heterocycles. The van der Waals surface area contributed by atoms with Gasteiger partial charge in [0.2, 0.25) is 0 Å². The Balaban J connectivity index is 0. The van der Waals surface area contributed by atoms with Crippen LogP contribution >= 0.6 is 15.8 Å². The minimum atomic E-state index is 0. The average Bonchev–Trinajstić information content (AvgIpc) is 2.51. The topological polar surface area (TPSA) is 19.9 Å².